The molecule has 0 aliphatic rings. The van der Waals surface area contributed by atoms with Crippen molar-refractivity contribution in [2.24, 2.45) is 5.41 Å². The van der Waals surface area contributed by atoms with E-state index in [9.17, 15) is 9.59 Å². The molecule has 4 aromatic rings. The molecule has 0 fully saturated rings. The minimum absolute atomic E-state index is 0.111. The molecule has 2 amide bonds. The summed E-state index contributed by atoms with van der Waals surface area (Å²) in [6.45, 7) is 5.52. The molecule has 6 nitrogen and oxygen atoms in total. The van der Waals surface area contributed by atoms with Gasteiger partial charge in [-0.2, -0.15) is 0 Å². The second-order valence-electron chi connectivity index (χ2n) is 8.39. The SMILES string of the molecule is CC(C)(C)C(=O)Nc1cccc(C(=O)Nc2ccccc2-c2nc3ccccc3[nH]2)c1. The quantitative estimate of drug-likeness (QED) is 0.415. The van der Waals surface area contributed by atoms with Gasteiger partial charge in [-0.05, 0) is 42.5 Å². The molecule has 0 bridgehead atoms. The first-order valence-corrected chi connectivity index (χ1v) is 10.1. The predicted octanol–water partition coefficient (Wildman–Crippen LogP) is 5.47. The Balaban J connectivity index is 1.59. The number of amides is 2. The minimum atomic E-state index is -0.524. The molecule has 1 aromatic heterocycles. The standard InChI is InChI=1S/C25H24N4O2/c1-25(2,3)24(31)26-17-10-8-9-16(15-17)23(30)29-19-12-5-4-11-18(19)22-27-20-13-6-7-14-21(20)28-22/h4-15H,1-3H3,(H,26,31)(H,27,28)(H,29,30). The van der Waals surface area contributed by atoms with E-state index in [1.165, 1.54) is 0 Å². The van der Waals surface area contributed by atoms with Crippen LogP contribution in [-0.2, 0) is 4.79 Å². The number of H-pyrrole nitrogens is 1. The number of aromatic amines is 1. The first-order valence-electron chi connectivity index (χ1n) is 10.1. The normalized spacial score (nSPS) is 11.3. The van der Waals surface area contributed by atoms with E-state index in [0.717, 1.165) is 16.6 Å². The van der Waals surface area contributed by atoms with Gasteiger partial charge in [0.05, 0.1) is 16.7 Å². The Kier molecular flexibility index (Phi) is 5.29. The van der Waals surface area contributed by atoms with Gasteiger partial charge in [-0.25, -0.2) is 4.98 Å². The number of hydrogen-bond donors (Lipinski definition) is 3. The minimum Gasteiger partial charge on any atom is -0.338 e. The largest absolute Gasteiger partial charge is 0.338 e. The number of nitrogens with one attached hydrogen (secondary N) is 3. The van der Waals surface area contributed by atoms with Crippen LogP contribution < -0.4 is 10.6 Å². The van der Waals surface area contributed by atoms with Crippen LogP contribution in [0.25, 0.3) is 22.4 Å². The van der Waals surface area contributed by atoms with Gasteiger partial charge in [0.2, 0.25) is 5.91 Å². The van der Waals surface area contributed by atoms with Crippen LogP contribution >= 0.6 is 0 Å². The van der Waals surface area contributed by atoms with Gasteiger partial charge in [0.1, 0.15) is 5.82 Å². The number of benzene rings is 3. The molecule has 0 atom stereocenters. The van der Waals surface area contributed by atoms with Gasteiger partial charge >= 0.3 is 0 Å². The maximum atomic E-state index is 13.0. The number of carbonyl (C=O) groups is 2. The summed E-state index contributed by atoms with van der Waals surface area (Å²) in [7, 11) is 0. The van der Waals surface area contributed by atoms with Crippen LogP contribution in [0, 0.1) is 5.41 Å². The number of fused-ring (bicyclic) bond motifs is 1. The Morgan fingerprint density at radius 2 is 1.61 bits per heavy atom. The molecule has 0 aliphatic heterocycles. The molecule has 0 saturated heterocycles. The zero-order chi connectivity index (χ0) is 22.0. The number of carbonyl (C=O) groups excluding carboxylic acids is 2. The third-order valence-electron chi connectivity index (χ3n) is 4.88. The Morgan fingerprint density at radius 3 is 2.39 bits per heavy atom. The molecule has 3 aromatic carbocycles. The van der Waals surface area contributed by atoms with Crippen LogP contribution in [-0.4, -0.2) is 21.8 Å². The first-order chi connectivity index (χ1) is 14.8. The molecule has 0 saturated carbocycles. The van der Waals surface area contributed by atoms with Gasteiger partial charge in [-0.1, -0.05) is 51.1 Å². The maximum absolute atomic E-state index is 13.0. The highest BCUT2D eigenvalue weighted by Crippen LogP contribution is 2.28. The lowest BCUT2D eigenvalue weighted by atomic mass is 9.95. The average molecular weight is 412 g/mol. The summed E-state index contributed by atoms with van der Waals surface area (Å²) in [4.78, 5) is 33.1. The van der Waals surface area contributed by atoms with Gasteiger partial charge in [-0.15, -0.1) is 0 Å². The fourth-order valence-corrected chi connectivity index (χ4v) is 3.13. The van der Waals surface area contributed by atoms with Gasteiger partial charge in [0, 0.05) is 22.2 Å². The van der Waals surface area contributed by atoms with Gasteiger partial charge in [0.25, 0.3) is 5.91 Å². The van der Waals surface area contributed by atoms with Crippen molar-refractivity contribution in [2.75, 3.05) is 10.6 Å². The molecule has 3 N–H and O–H groups in total. The van der Waals surface area contributed by atoms with Crippen LogP contribution in [0.4, 0.5) is 11.4 Å². The fourth-order valence-electron chi connectivity index (χ4n) is 3.13. The lowest BCUT2D eigenvalue weighted by Gasteiger charge is -2.18. The third-order valence-corrected chi connectivity index (χ3v) is 4.88. The molecule has 1 heterocycles. The second kappa shape index (κ2) is 8.07. The summed E-state index contributed by atoms with van der Waals surface area (Å²) in [6, 6.07) is 22.2. The number of imidazole rings is 1. The summed E-state index contributed by atoms with van der Waals surface area (Å²) >= 11 is 0. The van der Waals surface area contributed by atoms with Crippen LogP contribution in [0.2, 0.25) is 0 Å². The molecule has 31 heavy (non-hydrogen) atoms. The molecule has 0 spiro atoms. The molecule has 0 aliphatic carbocycles. The van der Waals surface area contributed by atoms with Crippen LogP contribution in [0.5, 0.6) is 0 Å². The molecule has 156 valence electrons. The molecular weight excluding hydrogens is 388 g/mol. The zero-order valence-electron chi connectivity index (χ0n) is 17.7. The van der Waals surface area contributed by atoms with Crippen molar-refractivity contribution in [2.45, 2.75) is 20.8 Å². The number of aromatic nitrogens is 2. The Bertz CT molecular complexity index is 1230. The monoisotopic (exact) mass is 412 g/mol. The number of anilines is 2. The lowest BCUT2D eigenvalue weighted by molar-refractivity contribution is -0.123. The summed E-state index contributed by atoms with van der Waals surface area (Å²) in [5.41, 5.74) is 3.75. The molecule has 0 radical (unpaired) electrons. The average Bonchev–Trinajstić information content (AvgIpc) is 3.17. The smallest absolute Gasteiger partial charge is 0.255 e. The van der Waals surface area contributed by atoms with E-state index in [1.54, 1.807) is 24.3 Å². The first kappa shape index (κ1) is 20.3. The predicted molar refractivity (Wildman–Crippen MR) is 124 cm³/mol. The molecule has 6 heteroatoms. The second-order valence-corrected chi connectivity index (χ2v) is 8.39. The van der Waals surface area contributed by atoms with E-state index in [1.807, 2.05) is 69.3 Å². The topological polar surface area (TPSA) is 86.9 Å². The zero-order valence-corrected chi connectivity index (χ0v) is 17.7. The van der Waals surface area contributed by atoms with E-state index in [-0.39, 0.29) is 11.8 Å². The molecular formula is C25H24N4O2. The van der Waals surface area contributed by atoms with E-state index in [0.29, 0.717) is 22.8 Å². The number of nitrogens with zero attached hydrogens (tertiary/aromatic N) is 1. The molecule has 4 rings (SSSR count). The van der Waals surface area contributed by atoms with E-state index in [4.69, 9.17) is 0 Å². The summed E-state index contributed by atoms with van der Waals surface area (Å²) in [5, 5.41) is 5.83. The highest BCUT2D eigenvalue weighted by atomic mass is 16.2. The maximum Gasteiger partial charge on any atom is 0.255 e. The lowest BCUT2D eigenvalue weighted by Crippen LogP contribution is -2.27. The summed E-state index contributed by atoms with van der Waals surface area (Å²) in [5.74, 6) is 0.305. The Hall–Kier alpha value is -3.93. The number of hydrogen-bond acceptors (Lipinski definition) is 3. The summed E-state index contributed by atoms with van der Waals surface area (Å²) < 4.78 is 0. The van der Waals surface area contributed by atoms with Crippen molar-refractivity contribution in [3.63, 3.8) is 0 Å². The fraction of sp³-hybridized carbons (Fsp3) is 0.160. The summed E-state index contributed by atoms with van der Waals surface area (Å²) in [6.07, 6.45) is 0. The Labute approximate surface area is 180 Å². The number of para-hydroxylation sites is 3. The van der Waals surface area contributed by atoms with E-state index < -0.39 is 5.41 Å². The van der Waals surface area contributed by atoms with Crippen LogP contribution in [0.15, 0.2) is 72.8 Å². The van der Waals surface area contributed by atoms with Crippen molar-refractivity contribution < 1.29 is 9.59 Å². The van der Waals surface area contributed by atoms with E-state index >= 15 is 0 Å². The van der Waals surface area contributed by atoms with Crippen molar-refractivity contribution >= 4 is 34.2 Å². The highest BCUT2D eigenvalue weighted by Gasteiger charge is 2.21. The van der Waals surface area contributed by atoms with Gasteiger partial charge < -0.3 is 15.6 Å². The Morgan fingerprint density at radius 1 is 0.871 bits per heavy atom. The van der Waals surface area contributed by atoms with Crippen LogP contribution in [0.3, 0.4) is 0 Å². The van der Waals surface area contributed by atoms with Crippen molar-refractivity contribution in [3.8, 4) is 11.4 Å². The van der Waals surface area contributed by atoms with Gasteiger partial charge in [0.15, 0.2) is 0 Å². The van der Waals surface area contributed by atoms with Gasteiger partial charge in [-0.3, -0.25) is 9.59 Å². The molecule has 0 unspecified atom stereocenters. The van der Waals surface area contributed by atoms with Crippen molar-refractivity contribution in [1.82, 2.24) is 9.97 Å². The number of rotatable bonds is 4. The highest BCUT2D eigenvalue weighted by molar-refractivity contribution is 6.07. The van der Waals surface area contributed by atoms with Crippen molar-refractivity contribution in [3.05, 3.63) is 78.4 Å². The van der Waals surface area contributed by atoms with E-state index in [2.05, 4.69) is 20.6 Å². The van der Waals surface area contributed by atoms with Crippen molar-refractivity contribution in [1.29, 1.82) is 0 Å². The van der Waals surface area contributed by atoms with Crippen LogP contribution in [0.1, 0.15) is 31.1 Å². The third kappa shape index (κ3) is 4.48.